The molecule has 0 fully saturated rings. The highest BCUT2D eigenvalue weighted by atomic mass is 32.2. The fraction of sp³-hybridized carbons (Fsp3) is 1.00. The third-order valence-corrected chi connectivity index (χ3v) is 5.20. The summed E-state index contributed by atoms with van der Waals surface area (Å²) in [6.07, 6.45) is -0.535. The van der Waals surface area contributed by atoms with E-state index in [0.29, 0.717) is 0 Å². The Bertz CT molecular complexity index is 399. The van der Waals surface area contributed by atoms with Crippen LogP contribution in [0.5, 0.6) is 0 Å². The lowest BCUT2D eigenvalue weighted by Crippen LogP contribution is -2.32. The van der Waals surface area contributed by atoms with Crippen molar-refractivity contribution in [2.45, 2.75) is 29.8 Å². The van der Waals surface area contributed by atoms with E-state index in [0.717, 1.165) is 0 Å². The monoisotopic (exact) mass is 320 g/mol. The molecular weight excluding hydrogens is 300 g/mol. The third-order valence-electron chi connectivity index (χ3n) is 2.66. The van der Waals surface area contributed by atoms with Gasteiger partial charge in [0.2, 0.25) is 0 Å². The molecule has 0 spiro atoms. The summed E-state index contributed by atoms with van der Waals surface area (Å²) in [6.45, 7) is 0.0971. The summed E-state index contributed by atoms with van der Waals surface area (Å²) < 4.78 is 72.2. The molecule has 0 rings (SSSR count). The first-order valence-corrected chi connectivity index (χ1v) is 8.54. The van der Waals surface area contributed by atoms with Gasteiger partial charge in [-0.25, -0.2) is 0 Å². The van der Waals surface area contributed by atoms with Crippen molar-refractivity contribution in [2.24, 2.45) is 0 Å². The maximum atomic E-state index is 11.2. The number of hydrogen-bond donors (Lipinski definition) is 2. The van der Waals surface area contributed by atoms with Gasteiger partial charge in [0.1, 0.15) is 0 Å². The molecular formula is C9H20O8S2. The van der Waals surface area contributed by atoms with Gasteiger partial charge in [-0.2, -0.15) is 16.8 Å². The van der Waals surface area contributed by atoms with Gasteiger partial charge < -0.3 is 9.47 Å². The Labute approximate surface area is 113 Å². The Morgan fingerprint density at radius 2 is 1.16 bits per heavy atom. The Morgan fingerprint density at radius 3 is 1.37 bits per heavy atom. The molecule has 8 nitrogen and oxygen atoms in total. The second kappa shape index (κ2) is 8.12. The summed E-state index contributed by atoms with van der Waals surface area (Å²) in [6, 6.07) is 0. The van der Waals surface area contributed by atoms with E-state index in [1.807, 2.05) is 0 Å². The molecule has 0 bridgehead atoms. The smallest absolute Gasteiger partial charge is 0.267 e. The summed E-state index contributed by atoms with van der Waals surface area (Å²) >= 11 is 0. The molecule has 0 aliphatic carbocycles. The zero-order valence-electron chi connectivity index (χ0n) is 10.9. The van der Waals surface area contributed by atoms with Crippen molar-refractivity contribution in [3.8, 4) is 0 Å². The molecule has 116 valence electrons. The van der Waals surface area contributed by atoms with Crippen molar-refractivity contribution in [3.63, 3.8) is 0 Å². The standard InChI is InChI=1S/C9H20O8S2/c1-16-5-3-8(18(10,11)12)7-9(4-6-17-2)19(13,14)15/h8-9H,3-7H2,1-2H3,(H,10,11,12)(H,13,14,15). The molecule has 0 saturated carbocycles. The van der Waals surface area contributed by atoms with Gasteiger partial charge in [0.25, 0.3) is 20.2 Å². The third kappa shape index (κ3) is 7.80. The normalized spacial score (nSPS) is 16.2. The van der Waals surface area contributed by atoms with Crippen LogP contribution in [0.3, 0.4) is 0 Å². The topological polar surface area (TPSA) is 127 Å². The molecule has 0 amide bonds. The molecule has 2 unspecified atom stereocenters. The van der Waals surface area contributed by atoms with Crippen molar-refractivity contribution in [2.75, 3.05) is 27.4 Å². The predicted molar refractivity (Wildman–Crippen MR) is 68.3 cm³/mol. The van der Waals surface area contributed by atoms with Gasteiger partial charge in [-0.1, -0.05) is 0 Å². The maximum absolute atomic E-state index is 11.2. The average Bonchev–Trinajstić information content (AvgIpc) is 2.24. The zero-order chi connectivity index (χ0) is 15.1. The van der Waals surface area contributed by atoms with E-state index < -0.39 is 37.2 Å². The first kappa shape index (κ1) is 18.7. The van der Waals surface area contributed by atoms with Crippen molar-refractivity contribution in [1.82, 2.24) is 0 Å². The van der Waals surface area contributed by atoms with Crippen LogP contribution in [0.2, 0.25) is 0 Å². The van der Waals surface area contributed by atoms with E-state index >= 15 is 0 Å². The second-order valence-corrected chi connectivity index (χ2v) is 7.47. The Kier molecular flexibility index (Phi) is 8.01. The van der Waals surface area contributed by atoms with Gasteiger partial charge in [0, 0.05) is 27.4 Å². The van der Waals surface area contributed by atoms with Crippen LogP contribution in [0.25, 0.3) is 0 Å². The summed E-state index contributed by atoms with van der Waals surface area (Å²) in [5.41, 5.74) is 0. The molecule has 10 heteroatoms. The van der Waals surface area contributed by atoms with Crippen LogP contribution < -0.4 is 0 Å². The van der Waals surface area contributed by atoms with Crippen LogP contribution in [0.1, 0.15) is 19.3 Å². The lowest BCUT2D eigenvalue weighted by molar-refractivity contribution is 0.184. The van der Waals surface area contributed by atoms with Crippen molar-refractivity contribution >= 4 is 20.2 Å². The van der Waals surface area contributed by atoms with Gasteiger partial charge in [-0.15, -0.1) is 0 Å². The van der Waals surface area contributed by atoms with Crippen molar-refractivity contribution < 1.29 is 35.4 Å². The van der Waals surface area contributed by atoms with Gasteiger partial charge in [-0.3, -0.25) is 9.11 Å². The van der Waals surface area contributed by atoms with E-state index in [1.165, 1.54) is 14.2 Å². The fourth-order valence-corrected chi connectivity index (χ4v) is 3.43. The molecule has 19 heavy (non-hydrogen) atoms. The largest absolute Gasteiger partial charge is 0.385 e. The summed E-state index contributed by atoms with van der Waals surface area (Å²) in [7, 11) is -6.12. The Hall–Kier alpha value is -0.260. The van der Waals surface area contributed by atoms with Gasteiger partial charge in [-0.05, 0) is 19.3 Å². The van der Waals surface area contributed by atoms with Crippen LogP contribution in [-0.2, 0) is 29.7 Å². The molecule has 0 aromatic rings. The second-order valence-electron chi connectivity index (χ2n) is 4.07. The number of methoxy groups -OCH3 is 2. The minimum Gasteiger partial charge on any atom is -0.385 e. The average molecular weight is 320 g/mol. The van der Waals surface area contributed by atoms with Crippen LogP contribution in [0, 0.1) is 0 Å². The SMILES string of the molecule is COCCC(CC(CCOC)S(=O)(=O)O)S(=O)(=O)O. The first-order valence-electron chi connectivity index (χ1n) is 5.53. The summed E-state index contributed by atoms with van der Waals surface area (Å²) in [5.74, 6) is 0. The van der Waals surface area contributed by atoms with Crippen LogP contribution in [-0.4, -0.2) is 63.9 Å². The van der Waals surface area contributed by atoms with Gasteiger partial charge in [0.15, 0.2) is 0 Å². The Balaban J connectivity index is 4.93. The first-order chi connectivity index (χ1) is 8.62. The molecule has 2 N–H and O–H groups in total. The predicted octanol–water partition coefficient (Wildman–Crippen LogP) is -0.0377. The lowest BCUT2D eigenvalue weighted by atomic mass is 10.1. The van der Waals surface area contributed by atoms with Crippen LogP contribution in [0.15, 0.2) is 0 Å². The van der Waals surface area contributed by atoms with E-state index in [4.69, 9.17) is 18.6 Å². The summed E-state index contributed by atoms with van der Waals surface area (Å²) in [4.78, 5) is 0. The summed E-state index contributed by atoms with van der Waals surface area (Å²) in [5, 5.41) is -2.62. The van der Waals surface area contributed by atoms with E-state index in [1.54, 1.807) is 0 Å². The molecule has 0 heterocycles. The van der Waals surface area contributed by atoms with E-state index in [9.17, 15) is 16.8 Å². The van der Waals surface area contributed by atoms with Gasteiger partial charge in [0.05, 0.1) is 10.5 Å². The highest BCUT2D eigenvalue weighted by Gasteiger charge is 2.32. The molecule has 0 aromatic carbocycles. The fourth-order valence-electron chi connectivity index (χ4n) is 1.57. The molecule has 2 atom stereocenters. The minimum absolute atomic E-state index is 0.0485. The maximum Gasteiger partial charge on any atom is 0.267 e. The lowest BCUT2D eigenvalue weighted by Gasteiger charge is -2.19. The molecule has 0 aliphatic rings. The van der Waals surface area contributed by atoms with Crippen molar-refractivity contribution in [1.29, 1.82) is 0 Å². The van der Waals surface area contributed by atoms with E-state index in [2.05, 4.69) is 0 Å². The van der Waals surface area contributed by atoms with E-state index in [-0.39, 0.29) is 26.1 Å². The van der Waals surface area contributed by atoms with Crippen molar-refractivity contribution in [3.05, 3.63) is 0 Å². The van der Waals surface area contributed by atoms with Crippen LogP contribution in [0.4, 0.5) is 0 Å². The molecule has 0 aliphatic heterocycles. The number of rotatable bonds is 10. The number of hydrogen-bond acceptors (Lipinski definition) is 6. The quantitative estimate of drug-likeness (QED) is 0.537. The number of ether oxygens (including phenoxy) is 2. The molecule has 0 saturated heterocycles. The van der Waals surface area contributed by atoms with Crippen LogP contribution >= 0.6 is 0 Å². The highest BCUT2D eigenvalue weighted by molar-refractivity contribution is 7.87. The Morgan fingerprint density at radius 1 is 0.842 bits per heavy atom. The molecule has 0 radical (unpaired) electrons. The molecule has 0 aromatic heterocycles. The highest BCUT2D eigenvalue weighted by Crippen LogP contribution is 2.19. The minimum atomic E-state index is -4.41. The zero-order valence-corrected chi connectivity index (χ0v) is 12.5. The van der Waals surface area contributed by atoms with Gasteiger partial charge >= 0.3 is 0 Å².